The topological polar surface area (TPSA) is 43.0 Å². The Labute approximate surface area is 184 Å². The molecule has 5 nitrogen and oxygen atoms in total. The van der Waals surface area contributed by atoms with Crippen molar-refractivity contribution < 1.29 is 14.2 Å². The Kier molecular flexibility index (Phi) is 8.11. The number of hydrogen-bond acceptors (Lipinski definition) is 4. The summed E-state index contributed by atoms with van der Waals surface area (Å²) >= 11 is 5.77. The largest absolute Gasteiger partial charge is 0.493 e. The highest BCUT2D eigenvalue weighted by Gasteiger charge is 2.22. The van der Waals surface area contributed by atoms with Crippen molar-refractivity contribution in [2.75, 3.05) is 32.2 Å². The lowest BCUT2D eigenvalue weighted by atomic mass is 10.1. The molecule has 30 heavy (non-hydrogen) atoms. The molecule has 1 aliphatic heterocycles. The van der Waals surface area contributed by atoms with Crippen LogP contribution in [-0.2, 0) is 11.3 Å². The number of nitrogens with one attached hydrogen (secondary N) is 1. The smallest absolute Gasteiger partial charge is 0.173 e. The molecule has 6 heteroatoms. The zero-order valence-corrected chi connectivity index (χ0v) is 18.5. The molecule has 0 amide bonds. The van der Waals surface area contributed by atoms with Crippen molar-refractivity contribution in [1.29, 1.82) is 0 Å². The van der Waals surface area contributed by atoms with Gasteiger partial charge in [-0.1, -0.05) is 30.9 Å². The van der Waals surface area contributed by atoms with Crippen LogP contribution in [0.3, 0.4) is 0 Å². The molecule has 0 bridgehead atoms. The highest BCUT2D eigenvalue weighted by atomic mass is 32.1. The second kappa shape index (κ2) is 11.0. The minimum absolute atomic E-state index is 0.194. The Hall–Kier alpha value is -2.57. The van der Waals surface area contributed by atoms with Crippen LogP contribution < -0.4 is 14.8 Å². The van der Waals surface area contributed by atoms with Crippen LogP contribution in [0.5, 0.6) is 11.5 Å². The predicted molar refractivity (Wildman–Crippen MR) is 125 cm³/mol. The van der Waals surface area contributed by atoms with Crippen molar-refractivity contribution in [3.63, 3.8) is 0 Å². The molecule has 0 aromatic heterocycles. The Morgan fingerprint density at radius 1 is 1.30 bits per heavy atom. The molecule has 0 unspecified atom stereocenters. The van der Waals surface area contributed by atoms with E-state index in [9.17, 15) is 0 Å². The van der Waals surface area contributed by atoms with Crippen LogP contribution in [-0.4, -0.2) is 43.0 Å². The third-order valence-corrected chi connectivity index (χ3v) is 5.32. The fraction of sp³-hybridized carbons (Fsp3) is 0.375. The lowest BCUT2D eigenvalue weighted by Gasteiger charge is -2.28. The maximum atomic E-state index is 5.87. The number of methoxy groups -OCH3 is 1. The van der Waals surface area contributed by atoms with Gasteiger partial charge in [0, 0.05) is 25.4 Å². The minimum Gasteiger partial charge on any atom is -0.493 e. The van der Waals surface area contributed by atoms with E-state index in [0.29, 0.717) is 29.8 Å². The number of anilines is 1. The average molecular weight is 427 g/mol. The van der Waals surface area contributed by atoms with Gasteiger partial charge in [-0.15, -0.1) is 0 Å². The van der Waals surface area contributed by atoms with Gasteiger partial charge < -0.3 is 24.4 Å². The fourth-order valence-corrected chi connectivity index (χ4v) is 3.73. The SMILES string of the molecule is C=CCOc1ccc(CN(C[C@H]2CCCO2)C(=S)Nc2cccc(C)c2)cc1OC. The summed E-state index contributed by atoms with van der Waals surface area (Å²) in [6.07, 6.45) is 4.06. The molecule has 2 aromatic rings. The molecule has 0 aliphatic carbocycles. The minimum atomic E-state index is 0.194. The van der Waals surface area contributed by atoms with Crippen molar-refractivity contribution in [2.24, 2.45) is 0 Å². The molecule has 0 spiro atoms. The first-order chi connectivity index (χ1) is 14.6. The molecule has 1 atom stereocenters. The number of ether oxygens (including phenoxy) is 3. The van der Waals surface area contributed by atoms with Crippen molar-refractivity contribution in [1.82, 2.24) is 4.90 Å². The van der Waals surface area contributed by atoms with Crippen LogP contribution >= 0.6 is 12.2 Å². The number of rotatable bonds is 9. The molecule has 160 valence electrons. The van der Waals surface area contributed by atoms with E-state index in [-0.39, 0.29) is 6.10 Å². The van der Waals surface area contributed by atoms with Gasteiger partial charge in [0.05, 0.1) is 13.2 Å². The molecule has 1 N–H and O–H groups in total. The van der Waals surface area contributed by atoms with Gasteiger partial charge in [0.1, 0.15) is 6.61 Å². The van der Waals surface area contributed by atoms with E-state index in [4.69, 9.17) is 26.4 Å². The zero-order valence-electron chi connectivity index (χ0n) is 17.7. The van der Waals surface area contributed by atoms with Gasteiger partial charge in [-0.3, -0.25) is 0 Å². The van der Waals surface area contributed by atoms with E-state index < -0.39 is 0 Å². The molecular weight excluding hydrogens is 396 g/mol. The molecule has 2 aromatic carbocycles. The highest BCUT2D eigenvalue weighted by Crippen LogP contribution is 2.29. The van der Waals surface area contributed by atoms with Gasteiger partial charge in [0.25, 0.3) is 0 Å². The molecule has 1 fully saturated rings. The van der Waals surface area contributed by atoms with Crippen LogP contribution in [0, 0.1) is 6.92 Å². The summed E-state index contributed by atoms with van der Waals surface area (Å²) in [4.78, 5) is 2.16. The van der Waals surface area contributed by atoms with E-state index in [0.717, 1.165) is 37.2 Å². The van der Waals surface area contributed by atoms with Crippen molar-refractivity contribution in [3.05, 3.63) is 66.2 Å². The summed E-state index contributed by atoms with van der Waals surface area (Å²) in [5, 5.41) is 4.06. The van der Waals surface area contributed by atoms with Crippen molar-refractivity contribution in [2.45, 2.75) is 32.4 Å². The van der Waals surface area contributed by atoms with Gasteiger partial charge in [-0.25, -0.2) is 0 Å². The molecule has 1 heterocycles. The molecule has 0 radical (unpaired) electrons. The van der Waals surface area contributed by atoms with Crippen molar-refractivity contribution in [3.8, 4) is 11.5 Å². The number of aryl methyl sites for hydroxylation is 1. The normalized spacial score (nSPS) is 15.5. The Balaban J connectivity index is 1.76. The van der Waals surface area contributed by atoms with E-state index in [1.54, 1.807) is 13.2 Å². The Morgan fingerprint density at radius 3 is 2.87 bits per heavy atom. The fourth-order valence-electron chi connectivity index (χ4n) is 3.48. The molecular formula is C24H30N2O3S. The number of nitrogens with zero attached hydrogens (tertiary/aromatic N) is 1. The summed E-state index contributed by atoms with van der Waals surface area (Å²) in [6.45, 7) is 8.41. The second-order valence-corrected chi connectivity index (χ2v) is 7.79. The lowest BCUT2D eigenvalue weighted by molar-refractivity contribution is 0.0905. The zero-order chi connectivity index (χ0) is 21.3. The first-order valence-electron chi connectivity index (χ1n) is 10.2. The molecule has 1 aliphatic rings. The quantitative estimate of drug-likeness (QED) is 0.452. The van der Waals surface area contributed by atoms with E-state index in [1.807, 2.05) is 30.3 Å². The van der Waals surface area contributed by atoms with E-state index in [1.165, 1.54) is 5.56 Å². The summed E-state index contributed by atoms with van der Waals surface area (Å²) in [6, 6.07) is 14.2. The molecule has 3 rings (SSSR count). The molecule has 1 saturated heterocycles. The van der Waals surface area contributed by atoms with E-state index in [2.05, 4.69) is 35.9 Å². The summed E-state index contributed by atoms with van der Waals surface area (Å²) in [5.41, 5.74) is 3.26. The number of thiocarbonyl (C=S) groups is 1. The van der Waals surface area contributed by atoms with Gasteiger partial charge >= 0.3 is 0 Å². The third-order valence-electron chi connectivity index (χ3n) is 4.96. The first kappa shape index (κ1) is 22.1. The summed E-state index contributed by atoms with van der Waals surface area (Å²) in [7, 11) is 1.65. The lowest BCUT2D eigenvalue weighted by Crippen LogP contribution is -2.39. The highest BCUT2D eigenvalue weighted by molar-refractivity contribution is 7.80. The van der Waals surface area contributed by atoms with Gasteiger partial charge in [0.15, 0.2) is 16.6 Å². The Bertz CT molecular complexity index is 865. The monoisotopic (exact) mass is 426 g/mol. The van der Waals surface area contributed by atoms with Crippen molar-refractivity contribution >= 4 is 23.0 Å². The molecule has 0 saturated carbocycles. The van der Waals surface area contributed by atoms with Gasteiger partial charge in [0.2, 0.25) is 0 Å². The van der Waals surface area contributed by atoms with Crippen LogP contribution in [0.1, 0.15) is 24.0 Å². The van der Waals surface area contributed by atoms with E-state index >= 15 is 0 Å². The van der Waals surface area contributed by atoms with Gasteiger partial charge in [-0.05, 0) is 67.4 Å². The average Bonchev–Trinajstić information content (AvgIpc) is 3.25. The maximum absolute atomic E-state index is 5.87. The first-order valence-corrected chi connectivity index (χ1v) is 10.6. The maximum Gasteiger partial charge on any atom is 0.173 e. The Morgan fingerprint density at radius 2 is 2.17 bits per heavy atom. The van der Waals surface area contributed by atoms with Crippen LogP contribution in [0.15, 0.2) is 55.1 Å². The van der Waals surface area contributed by atoms with Gasteiger partial charge in [-0.2, -0.15) is 0 Å². The number of hydrogen-bond donors (Lipinski definition) is 1. The predicted octanol–water partition coefficient (Wildman–Crippen LogP) is 4.95. The number of benzene rings is 2. The summed E-state index contributed by atoms with van der Waals surface area (Å²) < 4.78 is 17.0. The standard InChI is InChI=1S/C24H30N2O3S/c1-4-12-29-22-11-10-19(15-23(22)27-3)16-26(17-21-9-6-13-28-21)24(30)25-20-8-5-7-18(2)14-20/h4-5,7-8,10-11,14-15,21H,1,6,9,12-13,16-17H2,2-3H3,(H,25,30)/t21-/m1/s1. The van der Waals surface area contributed by atoms with Crippen LogP contribution in [0.25, 0.3) is 0 Å². The summed E-state index contributed by atoms with van der Waals surface area (Å²) in [5.74, 6) is 1.40. The second-order valence-electron chi connectivity index (χ2n) is 7.40. The third kappa shape index (κ3) is 6.21. The van der Waals surface area contributed by atoms with Crippen LogP contribution in [0.4, 0.5) is 5.69 Å². The van der Waals surface area contributed by atoms with Crippen LogP contribution in [0.2, 0.25) is 0 Å².